The van der Waals surface area contributed by atoms with E-state index in [-0.39, 0.29) is 17.5 Å². The van der Waals surface area contributed by atoms with Gasteiger partial charge in [-0.05, 0) is 38.0 Å². The van der Waals surface area contributed by atoms with Gasteiger partial charge >= 0.3 is 5.97 Å². The van der Waals surface area contributed by atoms with Gasteiger partial charge in [0.05, 0.1) is 17.9 Å². The zero-order chi connectivity index (χ0) is 21.5. The largest absolute Gasteiger partial charge is 0.465 e. The Morgan fingerprint density at radius 2 is 1.97 bits per heavy atom. The van der Waals surface area contributed by atoms with Crippen LogP contribution in [0.5, 0.6) is 0 Å². The summed E-state index contributed by atoms with van der Waals surface area (Å²) >= 11 is 1.36. The van der Waals surface area contributed by atoms with Gasteiger partial charge < -0.3 is 4.74 Å². The monoisotopic (exact) mass is 426 g/mol. The minimum absolute atomic E-state index is 0.0858. The lowest BCUT2D eigenvalue weighted by Gasteiger charge is -2.37. The van der Waals surface area contributed by atoms with Crippen molar-refractivity contribution in [3.63, 3.8) is 0 Å². The second kappa shape index (κ2) is 7.91. The van der Waals surface area contributed by atoms with Crippen LogP contribution in [-0.4, -0.2) is 38.0 Å². The van der Waals surface area contributed by atoms with Gasteiger partial charge in [-0.1, -0.05) is 49.9 Å². The van der Waals surface area contributed by atoms with E-state index in [0.717, 1.165) is 30.4 Å². The number of esters is 1. The summed E-state index contributed by atoms with van der Waals surface area (Å²) in [7, 11) is 0. The van der Waals surface area contributed by atoms with Gasteiger partial charge in [-0.25, -0.2) is 14.1 Å². The lowest BCUT2D eigenvalue weighted by Crippen LogP contribution is -2.39. The van der Waals surface area contributed by atoms with Crippen LogP contribution in [0.15, 0.2) is 34.2 Å². The van der Waals surface area contributed by atoms with Gasteiger partial charge in [-0.3, -0.25) is 9.59 Å². The molecular formula is C22H26N4O3S. The Morgan fingerprint density at radius 3 is 2.63 bits per heavy atom. The van der Waals surface area contributed by atoms with Gasteiger partial charge in [-0.15, -0.1) is 5.10 Å². The van der Waals surface area contributed by atoms with Gasteiger partial charge in [0.25, 0.3) is 5.56 Å². The molecule has 2 aromatic heterocycles. The number of ether oxygens (including phenoxy) is 1. The maximum absolute atomic E-state index is 13.9. The van der Waals surface area contributed by atoms with Crippen molar-refractivity contribution < 1.29 is 9.53 Å². The molecule has 7 nitrogen and oxygen atoms in total. The van der Waals surface area contributed by atoms with Gasteiger partial charge in [-0.2, -0.15) is 0 Å². The van der Waals surface area contributed by atoms with Crippen LogP contribution in [0.3, 0.4) is 0 Å². The van der Waals surface area contributed by atoms with E-state index in [2.05, 4.69) is 25.0 Å². The normalized spacial score (nSPS) is 14.4. The van der Waals surface area contributed by atoms with Gasteiger partial charge in [0, 0.05) is 11.0 Å². The SMILES string of the molecule is CCOC(=O)Cn1nc(SC)n2c(=O)c3c(nc12)-c1ccccc1CC3(CC)CC. The summed E-state index contributed by atoms with van der Waals surface area (Å²) in [5.74, 6) is -0.0343. The molecular weight excluding hydrogens is 400 g/mol. The van der Waals surface area contributed by atoms with E-state index in [0.29, 0.717) is 23.2 Å². The molecule has 0 fully saturated rings. The zero-order valence-corrected chi connectivity index (χ0v) is 18.6. The van der Waals surface area contributed by atoms with E-state index in [9.17, 15) is 9.59 Å². The average Bonchev–Trinajstić information content (AvgIpc) is 3.11. The van der Waals surface area contributed by atoms with Crippen molar-refractivity contribution in [1.82, 2.24) is 19.2 Å². The number of aromatic nitrogens is 4. The van der Waals surface area contributed by atoms with Crippen LogP contribution in [0, 0.1) is 0 Å². The fourth-order valence-electron chi connectivity index (χ4n) is 4.50. The zero-order valence-electron chi connectivity index (χ0n) is 17.8. The fourth-order valence-corrected chi connectivity index (χ4v) is 5.03. The topological polar surface area (TPSA) is 78.5 Å². The van der Waals surface area contributed by atoms with Crippen LogP contribution >= 0.6 is 11.8 Å². The first-order valence-electron chi connectivity index (χ1n) is 10.3. The summed E-state index contributed by atoms with van der Waals surface area (Å²) in [5.41, 5.74) is 3.30. The van der Waals surface area contributed by atoms with E-state index < -0.39 is 5.97 Å². The number of nitrogens with zero attached hydrogens (tertiary/aromatic N) is 4. The molecule has 0 radical (unpaired) electrons. The Morgan fingerprint density at radius 1 is 1.23 bits per heavy atom. The predicted molar refractivity (Wildman–Crippen MR) is 117 cm³/mol. The Hall–Kier alpha value is -2.61. The molecule has 30 heavy (non-hydrogen) atoms. The maximum Gasteiger partial charge on any atom is 0.327 e. The summed E-state index contributed by atoms with van der Waals surface area (Å²) in [6.45, 7) is 6.23. The minimum atomic E-state index is -0.404. The molecule has 0 saturated heterocycles. The molecule has 1 aliphatic carbocycles. The molecule has 1 aromatic carbocycles. The average molecular weight is 427 g/mol. The van der Waals surface area contributed by atoms with Crippen LogP contribution in [0.2, 0.25) is 0 Å². The predicted octanol–water partition coefficient (Wildman–Crippen LogP) is 3.46. The third-order valence-electron chi connectivity index (χ3n) is 6.15. The molecule has 0 spiro atoms. The first-order valence-corrected chi connectivity index (χ1v) is 11.5. The molecule has 158 valence electrons. The first-order chi connectivity index (χ1) is 14.5. The Kier molecular flexibility index (Phi) is 5.44. The third-order valence-corrected chi connectivity index (χ3v) is 6.78. The second-order valence-corrected chi connectivity index (χ2v) is 8.32. The van der Waals surface area contributed by atoms with Crippen molar-refractivity contribution >= 4 is 23.5 Å². The van der Waals surface area contributed by atoms with Crippen LogP contribution in [0.1, 0.15) is 44.7 Å². The lowest BCUT2D eigenvalue weighted by atomic mass is 9.66. The summed E-state index contributed by atoms with van der Waals surface area (Å²) in [6, 6.07) is 8.14. The van der Waals surface area contributed by atoms with Crippen LogP contribution in [0.25, 0.3) is 17.0 Å². The Labute approximate surface area is 179 Å². The number of thioether (sulfide) groups is 1. The number of fused-ring (bicyclic) bond motifs is 4. The van der Waals surface area contributed by atoms with Crippen molar-refractivity contribution in [2.24, 2.45) is 0 Å². The lowest BCUT2D eigenvalue weighted by molar-refractivity contribution is -0.143. The smallest absolute Gasteiger partial charge is 0.327 e. The van der Waals surface area contributed by atoms with Crippen LogP contribution in [0.4, 0.5) is 0 Å². The van der Waals surface area contributed by atoms with Gasteiger partial charge in [0.1, 0.15) is 6.54 Å². The van der Waals surface area contributed by atoms with Gasteiger partial charge in [0.15, 0.2) is 5.16 Å². The molecule has 0 aliphatic heterocycles. The molecule has 2 heterocycles. The summed E-state index contributed by atoms with van der Waals surface area (Å²) in [4.78, 5) is 30.9. The number of carbonyl (C=O) groups is 1. The highest BCUT2D eigenvalue weighted by atomic mass is 32.2. The van der Waals surface area contributed by atoms with Crippen molar-refractivity contribution in [2.45, 2.75) is 57.1 Å². The summed E-state index contributed by atoms with van der Waals surface area (Å²) < 4.78 is 8.11. The molecule has 0 unspecified atom stereocenters. The Bertz CT molecular complexity index is 1180. The molecule has 0 N–H and O–H groups in total. The molecule has 0 amide bonds. The molecule has 0 saturated carbocycles. The van der Waals surface area contributed by atoms with E-state index in [1.54, 1.807) is 11.3 Å². The number of hydrogen-bond acceptors (Lipinski definition) is 6. The van der Waals surface area contributed by atoms with Crippen molar-refractivity contribution in [1.29, 1.82) is 0 Å². The highest BCUT2D eigenvalue weighted by Crippen LogP contribution is 2.44. The summed E-state index contributed by atoms with van der Waals surface area (Å²) in [6.07, 6.45) is 4.38. The molecule has 0 atom stereocenters. The molecule has 1 aliphatic rings. The Balaban J connectivity index is 2.06. The van der Waals surface area contributed by atoms with Gasteiger partial charge in [0.2, 0.25) is 5.78 Å². The third kappa shape index (κ3) is 3.05. The van der Waals surface area contributed by atoms with Crippen LogP contribution < -0.4 is 5.56 Å². The van der Waals surface area contributed by atoms with Crippen molar-refractivity contribution in [3.05, 3.63) is 45.7 Å². The van der Waals surface area contributed by atoms with E-state index in [1.165, 1.54) is 22.0 Å². The molecule has 4 rings (SSSR count). The maximum atomic E-state index is 13.9. The number of carbonyl (C=O) groups excluding carboxylic acids is 1. The minimum Gasteiger partial charge on any atom is -0.465 e. The van der Waals surface area contributed by atoms with E-state index >= 15 is 0 Å². The fraction of sp³-hybridized carbons (Fsp3) is 0.455. The highest BCUT2D eigenvalue weighted by molar-refractivity contribution is 7.98. The summed E-state index contributed by atoms with van der Waals surface area (Å²) in [5, 5.41) is 5.02. The van der Waals surface area contributed by atoms with Crippen LogP contribution in [-0.2, 0) is 27.9 Å². The second-order valence-electron chi connectivity index (χ2n) is 7.55. The van der Waals surface area contributed by atoms with E-state index in [1.807, 2.05) is 24.5 Å². The number of hydrogen-bond donors (Lipinski definition) is 0. The molecule has 0 bridgehead atoms. The quantitative estimate of drug-likeness (QED) is 0.444. The highest BCUT2D eigenvalue weighted by Gasteiger charge is 2.40. The number of rotatable bonds is 6. The van der Waals surface area contributed by atoms with Crippen molar-refractivity contribution in [3.8, 4) is 11.3 Å². The van der Waals surface area contributed by atoms with E-state index in [4.69, 9.17) is 9.72 Å². The molecule has 8 heteroatoms. The first kappa shape index (κ1) is 20.7. The standard InChI is InChI=1S/C22H26N4O3S/c1-5-22(6-2)12-14-10-8-9-11-15(14)18-17(22)19(28)26-20(23-18)25(24-21(26)30-4)13-16(27)29-7-3/h8-11H,5-7,12-13H2,1-4H3. The van der Waals surface area contributed by atoms with Crippen molar-refractivity contribution in [2.75, 3.05) is 12.9 Å². The number of benzene rings is 1. The molecule has 3 aromatic rings.